The highest BCUT2D eigenvalue weighted by atomic mass is 35.5. The van der Waals surface area contributed by atoms with Crippen molar-refractivity contribution in [1.29, 1.82) is 0 Å². The van der Waals surface area contributed by atoms with Gasteiger partial charge in [0.15, 0.2) is 5.78 Å². The third kappa shape index (κ3) is 2.08. The molecule has 1 heterocycles. The molecule has 1 aromatic carbocycles. The third-order valence-corrected chi connectivity index (χ3v) is 2.17. The van der Waals surface area contributed by atoms with Gasteiger partial charge in [-0.05, 0) is 18.5 Å². The lowest BCUT2D eigenvalue weighted by atomic mass is 10.0. The van der Waals surface area contributed by atoms with Gasteiger partial charge in [-0.3, -0.25) is 4.79 Å². The average molecular weight is 198 g/mol. The number of halogens is 1. The molecule has 13 heavy (non-hydrogen) atoms. The van der Waals surface area contributed by atoms with Gasteiger partial charge >= 0.3 is 0 Å². The molecule has 3 heteroatoms. The van der Waals surface area contributed by atoms with Crippen LogP contribution in [0.3, 0.4) is 0 Å². The second-order valence-electron chi connectivity index (χ2n) is 3.01. The zero-order valence-corrected chi connectivity index (χ0v) is 8.06. The summed E-state index contributed by atoms with van der Waals surface area (Å²) in [6.45, 7) is 1.39. The Kier molecular flexibility index (Phi) is 3.46. The van der Waals surface area contributed by atoms with E-state index >= 15 is 0 Å². The van der Waals surface area contributed by atoms with Crippen molar-refractivity contribution in [2.24, 2.45) is 0 Å². The predicted molar refractivity (Wildman–Crippen MR) is 54.6 cm³/mol. The lowest BCUT2D eigenvalue weighted by Gasteiger charge is -2.00. The predicted octanol–water partition coefficient (Wildman–Crippen LogP) is 1.44. The van der Waals surface area contributed by atoms with E-state index < -0.39 is 0 Å². The molecule has 1 aliphatic rings. The van der Waals surface area contributed by atoms with Crippen molar-refractivity contribution in [2.75, 3.05) is 13.1 Å². The van der Waals surface area contributed by atoms with Crippen molar-refractivity contribution in [3.63, 3.8) is 0 Å². The van der Waals surface area contributed by atoms with Crippen molar-refractivity contribution in [3.05, 3.63) is 35.4 Å². The average Bonchev–Trinajstić information content (AvgIpc) is 2.29. The highest BCUT2D eigenvalue weighted by Gasteiger charge is 2.13. The molecule has 0 spiro atoms. The molecule has 0 saturated heterocycles. The normalized spacial score (nSPS) is 15.5. The molecular formula is C10H12ClNO. The first kappa shape index (κ1) is 10.2. The number of nitrogens with one attached hydrogen (secondary N) is 1. The number of rotatable bonds is 0. The monoisotopic (exact) mass is 197 g/mol. The van der Waals surface area contributed by atoms with Crippen LogP contribution in [0.5, 0.6) is 0 Å². The first-order valence-electron chi connectivity index (χ1n) is 4.20. The molecule has 0 unspecified atom stereocenters. The largest absolute Gasteiger partial charge is 0.309 e. The second-order valence-corrected chi connectivity index (χ2v) is 3.01. The smallest absolute Gasteiger partial charge is 0.176 e. The highest BCUT2D eigenvalue weighted by molar-refractivity contribution is 5.99. The lowest BCUT2D eigenvalue weighted by Crippen LogP contribution is -2.21. The zero-order valence-electron chi connectivity index (χ0n) is 7.25. The molecule has 0 fully saturated rings. The maximum absolute atomic E-state index is 11.4. The molecule has 0 radical (unpaired) electrons. The first-order chi connectivity index (χ1) is 5.88. The van der Waals surface area contributed by atoms with Crippen LogP contribution in [0.4, 0.5) is 0 Å². The van der Waals surface area contributed by atoms with Crippen molar-refractivity contribution >= 4 is 18.2 Å². The first-order valence-corrected chi connectivity index (χ1v) is 4.20. The van der Waals surface area contributed by atoms with Gasteiger partial charge in [-0.1, -0.05) is 24.3 Å². The molecule has 0 bridgehead atoms. The van der Waals surface area contributed by atoms with Crippen LogP contribution < -0.4 is 5.32 Å². The van der Waals surface area contributed by atoms with Gasteiger partial charge in [-0.15, -0.1) is 12.4 Å². The number of hydrogen-bond donors (Lipinski definition) is 1. The van der Waals surface area contributed by atoms with Gasteiger partial charge in [0.2, 0.25) is 0 Å². The van der Waals surface area contributed by atoms with Gasteiger partial charge in [0, 0.05) is 5.56 Å². The summed E-state index contributed by atoms with van der Waals surface area (Å²) in [4.78, 5) is 11.4. The van der Waals surface area contributed by atoms with Crippen LogP contribution in [-0.4, -0.2) is 18.9 Å². The van der Waals surface area contributed by atoms with Crippen LogP contribution in [0.15, 0.2) is 24.3 Å². The van der Waals surface area contributed by atoms with Crippen LogP contribution in [0.1, 0.15) is 15.9 Å². The van der Waals surface area contributed by atoms with Crippen LogP contribution in [0.25, 0.3) is 0 Å². The molecule has 1 aliphatic heterocycles. The maximum atomic E-state index is 11.4. The minimum Gasteiger partial charge on any atom is -0.309 e. The standard InChI is InChI=1S/C10H11NO.ClH/c12-10-7-11-6-5-8-3-1-2-4-9(8)10;/h1-4,11H,5-7H2;1H. The van der Waals surface area contributed by atoms with E-state index in [9.17, 15) is 4.79 Å². The second kappa shape index (κ2) is 4.40. The molecule has 0 aliphatic carbocycles. The molecule has 2 rings (SSSR count). The van der Waals surface area contributed by atoms with Crippen LogP contribution >= 0.6 is 12.4 Å². The number of fused-ring (bicyclic) bond motifs is 1. The minimum absolute atomic E-state index is 0. The molecule has 0 amide bonds. The summed E-state index contributed by atoms with van der Waals surface area (Å²) in [6.07, 6.45) is 0.960. The number of benzene rings is 1. The van der Waals surface area contributed by atoms with E-state index in [0.717, 1.165) is 18.5 Å². The van der Waals surface area contributed by atoms with Crippen molar-refractivity contribution in [3.8, 4) is 0 Å². The Morgan fingerprint density at radius 2 is 2.00 bits per heavy atom. The zero-order chi connectivity index (χ0) is 8.39. The Morgan fingerprint density at radius 1 is 1.23 bits per heavy atom. The summed E-state index contributed by atoms with van der Waals surface area (Å²) in [6, 6.07) is 7.84. The van der Waals surface area contributed by atoms with E-state index in [-0.39, 0.29) is 18.2 Å². The van der Waals surface area contributed by atoms with Crippen molar-refractivity contribution in [2.45, 2.75) is 6.42 Å². The Balaban J connectivity index is 0.000000845. The fourth-order valence-corrected chi connectivity index (χ4v) is 1.53. The number of carbonyl (C=O) groups excluding carboxylic acids is 1. The quantitative estimate of drug-likeness (QED) is 0.682. The Labute approximate surface area is 83.7 Å². The van der Waals surface area contributed by atoms with Gasteiger partial charge in [0.05, 0.1) is 6.54 Å². The molecular weight excluding hydrogens is 186 g/mol. The summed E-state index contributed by atoms with van der Waals surface area (Å²) >= 11 is 0. The van der Waals surface area contributed by atoms with E-state index in [2.05, 4.69) is 5.32 Å². The van der Waals surface area contributed by atoms with Crippen LogP contribution in [0.2, 0.25) is 0 Å². The fourth-order valence-electron chi connectivity index (χ4n) is 1.53. The topological polar surface area (TPSA) is 29.1 Å². The van der Waals surface area contributed by atoms with Crippen LogP contribution in [-0.2, 0) is 6.42 Å². The lowest BCUT2D eigenvalue weighted by molar-refractivity contribution is 0.0994. The number of Topliss-reactive ketones (excluding diaryl/α,β-unsaturated/α-hetero) is 1. The van der Waals surface area contributed by atoms with Crippen molar-refractivity contribution in [1.82, 2.24) is 5.32 Å². The molecule has 0 saturated carbocycles. The molecule has 1 N–H and O–H groups in total. The third-order valence-electron chi connectivity index (χ3n) is 2.17. The molecule has 2 nitrogen and oxygen atoms in total. The van der Waals surface area contributed by atoms with E-state index in [1.807, 2.05) is 24.3 Å². The van der Waals surface area contributed by atoms with Gasteiger partial charge < -0.3 is 5.32 Å². The Bertz CT molecular complexity index is 312. The van der Waals surface area contributed by atoms with Gasteiger partial charge in [-0.2, -0.15) is 0 Å². The van der Waals surface area contributed by atoms with E-state index in [4.69, 9.17) is 0 Å². The highest BCUT2D eigenvalue weighted by Crippen LogP contribution is 2.11. The fraction of sp³-hybridized carbons (Fsp3) is 0.300. The number of ketones is 1. The summed E-state index contributed by atoms with van der Waals surface area (Å²) in [5.41, 5.74) is 2.06. The Morgan fingerprint density at radius 3 is 2.85 bits per heavy atom. The van der Waals surface area contributed by atoms with Crippen LogP contribution in [0, 0.1) is 0 Å². The number of carbonyl (C=O) groups is 1. The number of hydrogen-bond acceptors (Lipinski definition) is 2. The van der Waals surface area contributed by atoms with E-state index in [0.29, 0.717) is 6.54 Å². The maximum Gasteiger partial charge on any atom is 0.176 e. The molecule has 1 aromatic rings. The van der Waals surface area contributed by atoms with E-state index in [1.165, 1.54) is 5.56 Å². The van der Waals surface area contributed by atoms with Gasteiger partial charge in [0.25, 0.3) is 0 Å². The van der Waals surface area contributed by atoms with E-state index in [1.54, 1.807) is 0 Å². The van der Waals surface area contributed by atoms with Gasteiger partial charge in [0.1, 0.15) is 0 Å². The molecule has 0 aromatic heterocycles. The van der Waals surface area contributed by atoms with Crippen molar-refractivity contribution < 1.29 is 4.79 Å². The molecule has 0 atom stereocenters. The summed E-state index contributed by atoms with van der Waals surface area (Å²) < 4.78 is 0. The summed E-state index contributed by atoms with van der Waals surface area (Å²) in [5.74, 6) is 0.211. The summed E-state index contributed by atoms with van der Waals surface area (Å²) in [5, 5.41) is 3.09. The minimum atomic E-state index is 0. The summed E-state index contributed by atoms with van der Waals surface area (Å²) in [7, 11) is 0. The SMILES string of the molecule is Cl.O=C1CNCCc2ccccc21. The molecule has 70 valence electrons. The Hall–Kier alpha value is -0.860. The van der Waals surface area contributed by atoms with Gasteiger partial charge in [-0.25, -0.2) is 0 Å².